The molecule has 0 unspecified atom stereocenters. The molecule has 0 fully saturated rings. The van der Waals surface area contributed by atoms with Crippen LogP contribution in [-0.2, 0) is 0 Å². The molecular formula is C22H20N4OS. The molecule has 140 valence electrons. The van der Waals surface area contributed by atoms with Gasteiger partial charge in [-0.2, -0.15) is 0 Å². The minimum absolute atomic E-state index is 0.130. The molecule has 0 aliphatic carbocycles. The predicted molar refractivity (Wildman–Crippen MR) is 115 cm³/mol. The third-order valence-corrected chi connectivity index (χ3v) is 5.07. The Morgan fingerprint density at radius 3 is 2.61 bits per heavy atom. The number of anilines is 1. The van der Waals surface area contributed by atoms with Crippen molar-refractivity contribution < 1.29 is 4.79 Å². The monoisotopic (exact) mass is 388 g/mol. The standard InChI is InChI=1S/C22H20N4OS/c1-25-22(27)18-7-2-3-8-21(18)28-16-10-11-17(20(24)14-16)19(23)12-9-15-6-4-5-13-26-15/h2-14,23H,24H2,1H3,(H,25,27)/b12-9+,23-19?. The smallest absolute Gasteiger partial charge is 0.252 e. The molecule has 0 spiro atoms. The van der Waals surface area contributed by atoms with Gasteiger partial charge in [-0.05, 0) is 54.6 Å². The highest BCUT2D eigenvalue weighted by molar-refractivity contribution is 7.99. The summed E-state index contributed by atoms with van der Waals surface area (Å²) in [6.07, 6.45) is 5.17. The SMILES string of the molecule is CNC(=O)c1ccccc1Sc1ccc(C(=N)/C=C/c2ccccn2)c(N)c1. The van der Waals surface area contributed by atoms with Crippen LogP contribution in [0.15, 0.2) is 82.7 Å². The molecule has 3 rings (SSSR count). The Balaban J connectivity index is 1.79. The van der Waals surface area contributed by atoms with E-state index in [1.54, 1.807) is 31.5 Å². The van der Waals surface area contributed by atoms with Crippen LogP contribution >= 0.6 is 11.8 Å². The molecule has 2 aromatic carbocycles. The molecule has 0 atom stereocenters. The Hall–Kier alpha value is -3.38. The first-order chi connectivity index (χ1) is 13.6. The lowest BCUT2D eigenvalue weighted by Crippen LogP contribution is -2.18. The van der Waals surface area contributed by atoms with Crippen molar-refractivity contribution in [1.82, 2.24) is 10.3 Å². The van der Waals surface area contributed by atoms with Gasteiger partial charge in [-0.25, -0.2) is 0 Å². The van der Waals surface area contributed by atoms with E-state index in [-0.39, 0.29) is 5.91 Å². The Labute approximate surface area is 168 Å². The Morgan fingerprint density at radius 2 is 1.89 bits per heavy atom. The van der Waals surface area contributed by atoms with Gasteiger partial charge in [0.15, 0.2) is 0 Å². The van der Waals surface area contributed by atoms with Crippen molar-refractivity contribution in [3.05, 3.63) is 89.8 Å². The normalized spacial score (nSPS) is 10.8. The van der Waals surface area contributed by atoms with E-state index in [1.807, 2.05) is 54.6 Å². The third-order valence-electron chi connectivity index (χ3n) is 4.01. The molecule has 0 saturated heterocycles. The number of benzene rings is 2. The molecule has 0 radical (unpaired) electrons. The Kier molecular flexibility index (Phi) is 6.24. The van der Waals surface area contributed by atoms with Crippen LogP contribution in [0.25, 0.3) is 6.08 Å². The van der Waals surface area contributed by atoms with E-state index in [2.05, 4.69) is 10.3 Å². The van der Waals surface area contributed by atoms with Gasteiger partial charge in [0.25, 0.3) is 5.91 Å². The second-order valence-corrected chi connectivity index (χ2v) is 7.04. The van der Waals surface area contributed by atoms with E-state index >= 15 is 0 Å². The van der Waals surface area contributed by atoms with Crippen molar-refractivity contribution in [2.24, 2.45) is 0 Å². The maximum atomic E-state index is 12.0. The van der Waals surface area contributed by atoms with Gasteiger partial charge in [-0.3, -0.25) is 9.78 Å². The lowest BCUT2D eigenvalue weighted by Gasteiger charge is -2.10. The number of nitrogens with two attached hydrogens (primary N) is 1. The number of carbonyl (C=O) groups excluding carboxylic acids is 1. The fraction of sp³-hybridized carbons (Fsp3) is 0.0455. The van der Waals surface area contributed by atoms with Gasteiger partial charge in [-0.1, -0.05) is 30.0 Å². The number of nitrogen functional groups attached to an aromatic ring is 1. The molecule has 6 heteroatoms. The zero-order valence-electron chi connectivity index (χ0n) is 15.3. The van der Waals surface area contributed by atoms with Crippen molar-refractivity contribution in [3.63, 3.8) is 0 Å². The van der Waals surface area contributed by atoms with E-state index in [0.29, 0.717) is 22.5 Å². The number of carbonyl (C=O) groups is 1. The van der Waals surface area contributed by atoms with Crippen LogP contribution in [0.5, 0.6) is 0 Å². The zero-order valence-corrected chi connectivity index (χ0v) is 16.2. The lowest BCUT2D eigenvalue weighted by molar-refractivity contribution is 0.0960. The van der Waals surface area contributed by atoms with Crippen LogP contribution in [-0.4, -0.2) is 23.7 Å². The summed E-state index contributed by atoms with van der Waals surface area (Å²) < 4.78 is 0. The number of aromatic nitrogens is 1. The molecule has 28 heavy (non-hydrogen) atoms. The summed E-state index contributed by atoms with van der Waals surface area (Å²) in [6, 6.07) is 18.6. The van der Waals surface area contributed by atoms with Crippen LogP contribution < -0.4 is 11.1 Å². The largest absolute Gasteiger partial charge is 0.398 e. The molecule has 0 saturated carbocycles. The van der Waals surface area contributed by atoms with E-state index in [1.165, 1.54) is 11.8 Å². The van der Waals surface area contributed by atoms with Crippen LogP contribution in [0, 0.1) is 5.41 Å². The fourth-order valence-electron chi connectivity index (χ4n) is 2.59. The first-order valence-electron chi connectivity index (χ1n) is 8.65. The number of rotatable bonds is 6. The summed E-state index contributed by atoms with van der Waals surface area (Å²) in [5.41, 5.74) is 9.05. The van der Waals surface area contributed by atoms with E-state index < -0.39 is 0 Å². The van der Waals surface area contributed by atoms with Gasteiger partial charge in [0, 0.05) is 34.3 Å². The van der Waals surface area contributed by atoms with Crippen LogP contribution in [0.1, 0.15) is 21.6 Å². The second-order valence-electron chi connectivity index (χ2n) is 5.93. The molecular weight excluding hydrogens is 368 g/mol. The molecule has 1 heterocycles. The summed E-state index contributed by atoms with van der Waals surface area (Å²) in [5, 5.41) is 10.9. The van der Waals surface area contributed by atoms with Gasteiger partial charge < -0.3 is 16.5 Å². The number of amides is 1. The first kappa shape index (κ1) is 19.4. The van der Waals surface area contributed by atoms with Crippen LogP contribution in [0.2, 0.25) is 0 Å². The molecule has 4 N–H and O–H groups in total. The van der Waals surface area contributed by atoms with Crippen molar-refractivity contribution in [2.45, 2.75) is 9.79 Å². The highest BCUT2D eigenvalue weighted by Gasteiger charge is 2.11. The number of hydrogen-bond acceptors (Lipinski definition) is 5. The lowest BCUT2D eigenvalue weighted by atomic mass is 10.1. The van der Waals surface area contributed by atoms with E-state index in [9.17, 15) is 4.79 Å². The number of pyridine rings is 1. The average Bonchev–Trinajstić information content (AvgIpc) is 2.73. The fourth-order valence-corrected chi connectivity index (χ4v) is 3.58. The second kappa shape index (κ2) is 9.01. The van der Waals surface area contributed by atoms with Crippen LogP contribution in [0.4, 0.5) is 5.69 Å². The zero-order chi connectivity index (χ0) is 19.9. The van der Waals surface area contributed by atoms with E-state index in [0.717, 1.165) is 15.5 Å². The summed E-state index contributed by atoms with van der Waals surface area (Å²) in [4.78, 5) is 18.0. The van der Waals surface area contributed by atoms with Crippen molar-refractivity contribution in [3.8, 4) is 0 Å². The van der Waals surface area contributed by atoms with Gasteiger partial charge in [-0.15, -0.1) is 0 Å². The van der Waals surface area contributed by atoms with Crippen molar-refractivity contribution in [2.75, 3.05) is 12.8 Å². The number of allylic oxidation sites excluding steroid dienone is 1. The number of hydrogen-bond donors (Lipinski definition) is 3. The van der Waals surface area contributed by atoms with Crippen molar-refractivity contribution >= 4 is 35.1 Å². The predicted octanol–water partition coefficient (Wildman–Crippen LogP) is 4.26. The average molecular weight is 388 g/mol. The minimum Gasteiger partial charge on any atom is -0.398 e. The molecule has 1 amide bonds. The highest BCUT2D eigenvalue weighted by atomic mass is 32.2. The Bertz CT molecular complexity index is 1030. The molecule has 5 nitrogen and oxygen atoms in total. The highest BCUT2D eigenvalue weighted by Crippen LogP contribution is 2.32. The summed E-state index contributed by atoms with van der Waals surface area (Å²) in [6.45, 7) is 0. The van der Waals surface area contributed by atoms with Gasteiger partial charge >= 0.3 is 0 Å². The van der Waals surface area contributed by atoms with Crippen molar-refractivity contribution in [1.29, 1.82) is 5.41 Å². The molecule has 0 aliphatic heterocycles. The number of nitrogens with zero attached hydrogens (tertiary/aromatic N) is 1. The molecule has 0 bridgehead atoms. The number of nitrogens with one attached hydrogen (secondary N) is 2. The molecule has 1 aromatic heterocycles. The van der Waals surface area contributed by atoms with Gasteiger partial charge in [0.1, 0.15) is 0 Å². The summed E-state index contributed by atoms with van der Waals surface area (Å²) >= 11 is 1.46. The first-order valence-corrected chi connectivity index (χ1v) is 9.46. The quantitative estimate of drug-likeness (QED) is 0.435. The maximum Gasteiger partial charge on any atom is 0.252 e. The minimum atomic E-state index is -0.130. The van der Waals surface area contributed by atoms with Crippen LogP contribution in [0.3, 0.4) is 0 Å². The van der Waals surface area contributed by atoms with E-state index in [4.69, 9.17) is 11.1 Å². The Morgan fingerprint density at radius 1 is 1.11 bits per heavy atom. The maximum absolute atomic E-state index is 12.0. The van der Waals surface area contributed by atoms with Gasteiger partial charge in [0.2, 0.25) is 0 Å². The molecule has 0 aliphatic rings. The summed E-state index contributed by atoms with van der Waals surface area (Å²) in [7, 11) is 1.61. The topological polar surface area (TPSA) is 91.9 Å². The van der Waals surface area contributed by atoms with Gasteiger partial charge in [0.05, 0.1) is 17.0 Å². The molecule has 3 aromatic rings. The summed E-state index contributed by atoms with van der Waals surface area (Å²) in [5.74, 6) is -0.130. The third kappa shape index (κ3) is 4.66.